The number of nitrogens with two attached hydrogens (primary N) is 1. The molecule has 1 aliphatic carbocycles. The van der Waals surface area contributed by atoms with Gasteiger partial charge in [0.25, 0.3) is 5.91 Å². The maximum atomic E-state index is 12.9. The van der Waals surface area contributed by atoms with E-state index < -0.39 is 0 Å². The Bertz CT molecular complexity index is 486. The second kappa shape index (κ2) is 5.85. The molecule has 5 nitrogen and oxygen atoms in total. The average Bonchev–Trinajstić information content (AvgIpc) is 2.96. The molecule has 0 unspecified atom stereocenters. The summed E-state index contributed by atoms with van der Waals surface area (Å²) in [5, 5.41) is 4.26. The van der Waals surface area contributed by atoms with Crippen LogP contribution in [0.5, 0.6) is 0 Å². The van der Waals surface area contributed by atoms with E-state index in [9.17, 15) is 4.79 Å². The van der Waals surface area contributed by atoms with Crippen LogP contribution in [0.2, 0.25) is 0 Å². The molecular formula is C15H26N4O. The Labute approximate surface area is 121 Å². The summed E-state index contributed by atoms with van der Waals surface area (Å²) in [5.74, 6) is 0.487. The third kappa shape index (κ3) is 2.81. The molecule has 1 aromatic rings. The van der Waals surface area contributed by atoms with Gasteiger partial charge in [-0.1, -0.05) is 26.7 Å². The zero-order valence-corrected chi connectivity index (χ0v) is 13.0. The monoisotopic (exact) mass is 278 g/mol. The number of rotatable bonds is 4. The van der Waals surface area contributed by atoms with Gasteiger partial charge in [-0.3, -0.25) is 9.48 Å². The van der Waals surface area contributed by atoms with E-state index in [0.29, 0.717) is 23.3 Å². The van der Waals surface area contributed by atoms with Crippen molar-refractivity contribution in [1.29, 1.82) is 0 Å². The summed E-state index contributed by atoms with van der Waals surface area (Å²) in [5.41, 5.74) is 7.82. The van der Waals surface area contributed by atoms with Crippen LogP contribution < -0.4 is 5.73 Å². The molecule has 0 radical (unpaired) electrons. The molecule has 2 rings (SSSR count). The van der Waals surface area contributed by atoms with Crippen LogP contribution >= 0.6 is 0 Å². The molecule has 5 heteroatoms. The van der Waals surface area contributed by atoms with E-state index in [1.165, 1.54) is 12.8 Å². The molecule has 2 N–H and O–H groups in total. The van der Waals surface area contributed by atoms with Gasteiger partial charge in [0.2, 0.25) is 0 Å². The molecule has 0 saturated heterocycles. The smallest absolute Gasteiger partial charge is 0.274 e. The van der Waals surface area contributed by atoms with Crippen molar-refractivity contribution in [3.63, 3.8) is 0 Å². The zero-order chi connectivity index (χ0) is 14.9. The summed E-state index contributed by atoms with van der Waals surface area (Å²) < 4.78 is 1.62. The second-order valence-corrected chi connectivity index (χ2v) is 6.26. The summed E-state index contributed by atoms with van der Waals surface area (Å²) in [6.07, 6.45) is 4.64. The van der Waals surface area contributed by atoms with Crippen molar-refractivity contribution in [1.82, 2.24) is 14.7 Å². The first-order valence-corrected chi connectivity index (χ1v) is 7.51. The van der Waals surface area contributed by atoms with Gasteiger partial charge in [0.15, 0.2) is 0 Å². The van der Waals surface area contributed by atoms with Gasteiger partial charge >= 0.3 is 0 Å². The number of nitrogen functional groups attached to an aromatic ring is 1. The Morgan fingerprint density at radius 1 is 1.45 bits per heavy atom. The number of aromatic nitrogens is 2. The molecule has 20 heavy (non-hydrogen) atoms. The minimum Gasteiger partial charge on any atom is -0.395 e. The van der Waals surface area contributed by atoms with E-state index in [2.05, 4.69) is 18.9 Å². The first kappa shape index (κ1) is 14.9. The molecule has 1 saturated carbocycles. The van der Waals surface area contributed by atoms with Crippen molar-refractivity contribution >= 4 is 11.6 Å². The Balaban J connectivity index is 2.29. The molecule has 1 amide bonds. The molecule has 0 atom stereocenters. The van der Waals surface area contributed by atoms with Crippen LogP contribution in [0.4, 0.5) is 5.69 Å². The van der Waals surface area contributed by atoms with Crippen molar-refractivity contribution in [3.8, 4) is 0 Å². The number of carbonyl (C=O) groups excluding carboxylic acids is 1. The molecule has 1 fully saturated rings. The predicted molar refractivity (Wildman–Crippen MR) is 80.5 cm³/mol. The highest BCUT2D eigenvalue weighted by Gasteiger charge is 2.31. The second-order valence-electron chi connectivity index (χ2n) is 6.26. The topological polar surface area (TPSA) is 64.2 Å². The van der Waals surface area contributed by atoms with E-state index in [1.807, 2.05) is 11.8 Å². The van der Waals surface area contributed by atoms with Crippen LogP contribution in [0.25, 0.3) is 0 Å². The van der Waals surface area contributed by atoms with Crippen LogP contribution in [-0.4, -0.2) is 33.2 Å². The van der Waals surface area contributed by atoms with E-state index in [4.69, 9.17) is 5.73 Å². The lowest BCUT2D eigenvalue weighted by Gasteiger charge is -2.30. The zero-order valence-electron chi connectivity index (χ0n) is 13.0. The number of nitrogens with zero attached hydrogens (tertiary/aromatic N) is 3. The fourth-order valence-corrected chi connectivity index (χ4v) is 3.07. The quantitative estimate of drug-likeness (QED) is 0.919. The maximum absolute atomic E-state index is 12.9. The summed E-state index contributed by atoms with van der Waals surface area (Å²) in [4.78, 5) is 14.9. The van der Waals surface area contributed by atoms with Crippen LogP contribution in [0.3, 0.4) is 0 Å². The summed E-state index contributed by atoms with van der Waals surface area (Å²) in [6.45, 7) is 6.92. The van der Waals surface area contributed by atoms with Crippen molar-refractivity contribution in [3.05, 3.63) is 11.4 Å². The van der Waals surface area contributed by atoms with E-state index >= 15 is 0 Å². The van der Waals surface area contributed by atoms with Gasteiger partial charge < -0.3 is 10.6 Å². The molecule has 0 spiro atoms. The molecule has 0 aromatic carbocycles. The Morgan fingerprint density at radius 3 is 2.50 bits per heavy atom. The fourth-order valence-electron chi connectivity index (χ4n) is 3.07. The lowest BCUT2D eigenvalue weighted by molar-refractivity contribution is 0.0645. The van der Waals surface area contributed by atoms with Gasteiger partial charge in [-0.25, -0.2) is 0 Å². The van der Waals surface area contributed by atoms with Gasteiger partial charge in [-0.2, -0.15) is 5.10 Å². The average molecular weight is 278 g/mol. The van der Waals surface area contributed by atoms with Crippen LogP contribution in [0.15, 0.2) is 0 Å². The highest BCUT2D eigenvalue weighted by Crippen LogP contribution is 2.27. The van der Waals surface area contributed by atoms with Crippen molar-refractivity contribution < 1.29 is 4.79 Å². The molecule has 0 aliphatic heterocycles. The van der Waals surface area contributed by atoms with Crippen LogP contribution in [0, 0.1) is 12.8 Å². The van der Waals surface area contributed by atoms with E-state index in [1.54, 1.807) is 11.7 Å². The van der Waals surface area contributed by atoms with Crippen LogP contribution in [-0.2, 0) is 7.05 Å². The Morgan fingerprint density at radius 2 is 2.05 bits per heavy atom. The third-order valence-electron chi connectivity index (χ3n) is 4.06. The molecule has 112 valence electrons. The summed E-state index contributed by atoms with van der Waals surface area (Å²) in [6, 6.07) is 0.361. The molecular weight excluding hydrogens is 252 g/mol. The largest absolute Gasteiger partial charge is 0.395 e. The van der Waals surface area contributed by atoms with Crippen molar-refractivity contribution in [2.24, 2.45) is 13.0 Å². The lowest BCUT2D eigenvalue weighted by Crippen LogP contribution is -2.42. The van der Waals surface area contributed by atoms with Gasteiger partial charge in [0.05, 0.1) is 11.4 Å². The Hall–Kier alpha value is -1.52. The molecule has 1 aromatic heterocycles. The number of aryl methyl sites for hydroxylation is 2. The summed E-state index contributed by atoms with van der Waals surface area (Å²) >= 11 is 0. The number of hydrogen-bond acceptors (Lipinski definition) is 3. The highest BCUT2D eigenvalue weighted by atomic mass is 16.2. The number of carbonyl (C=O) groups is 1. The van der Waals surface area contributed by atoms with Crippen molar-refractivity contribution in [2.75, 3.05) is 12.3 Å². The number of hydrogen-bond donors (Lipinski definition) is 1. The predicted octanol–water partition coefficient (Wildman–Crippen LogP) is 2.35. The third-order valence-corrected chi connectivity index (χ3v) is 4.06. The Kier molecular flexibility index (Phi) is 4.35. The summed E-state index contributed by atoms with van der Waals surface area (Å²) in [7, 11) is 1.79. The molecule has 0 bridgehead atoms. The minimum absolute atomic E-state index is 0.0335. The lowest BCUT2D eigenvalue weighted by atomic mass is 10.1. The SMILES string of the molecule is Cc1nn(C)c(C(=O)N(CC(C)C)C2CCCC2)c1N. The van der Waals surface area contributed by atoms with Crippen LogP contribution in [0.1, 0.15) is 55.7 Å². The maximum Gasteiger partial charge on any atom is 0.274 e. The minimum atomic E-state index is 0.0335. The van der Waals surface area contributed by atoms with E-state index in [-0.39, 0.29) is 5.91 Å². The highest BCUT2D eigenvalue weighted by molar-refractivity contribution is 5.98. The number of anilines is 1. The standard InChI is InChI=1S/C15H26N4O/c1-10(2)9-19(12-7-5-6-8-12)15(20)14-13(16)11(3)17-18(14)4/h10,12H,5-9,16H2,1-4H3. The molecule has 1 aliphatic rings. The number of amides is 1. The van der Waals surface area contributed by atoms with Gasteiger partial charge in [0.1, 0.15) is 5.69 Å². The fraction of sp³-hybridized carbons (Fsp3) is 0.733. The normalized spacial score (nSPS) is 16.1. The first-order valence-electron chi connectivity index (χ1n) is 7.51. The molecule has 1 heterocycles. The first-order chi connectivity index (χ1) is 9.41. The van der Waals surface area contributed by atoms with Gasteiger partial charge in [-0.15, -0.1) is 0 Å². The van der Waals surface area contributed by atoms with E-state index in [0.717, 1.165) is 25.1 Å². The van der Waals surface area contributed by atoms with Crippen molar-refractivity contribution in [2.45, 2.75) is 52.5 Å². The van der Waals surface area contributed by atoms with Gasteiger partial charge in [-0.05, 0) is 25.7 Å². The van der Waals surface area contributed by atoms with Gasteiger partial charge in [0, 0.05) is 19.6 Å².